The van der Waals surface area contributed by atoms with Gasteiger partial charge in [0.15, 0.2) is 0 Å². The van der Waals surface area contributed by atoms with E-state index in [-0.39, 0.29) is 18.9 Å². The number of aliphatic hydroxyl groups is 1. The summed E-state index contributed by atoms with van der Waals surface area (Å²) in [5.41, 5.74) is 0.387. The Morgan fingerprint density at radius 2 is 2.11 bits per heavy atom. The van der Waals surface area contributed by atoms with E-state index < -0.39 is 11.6 Å². The number of carbonyl (C=O) groups excluding carboxylic acids is 1. The molecule has 0 saturated carbocycles. The number of hydrogen-bond donors (Lipinski definition) is 1. The summed E-state index contributed by atoms with van der Waals surface area (Å²) in [7, 11) is 1.63. The minimum absolute atomic E-state index is 0.0217. The van der Waals surface area contributed by atoms with Crippen LogP contribution in [0.1, 0.15) is 18.4 Å². The first-order valence-electron chi connectivity index (χ1n) is 5.83. The zero-order valence-corrected chi connectivity index (χ0v) is 10.3. The second kappa shape index (κ2) is 7.06. The molecule has 0 bridgehead atoms. The van der Waals surface area contributed by atoms with Crippen LogP contribution in [0.25, 0.3) is 0 Å². The first-order chi connectivity index (χ1) is 8.54. The highest BCUT2D eigenvalue weighted by atomic mass is 19.1. The van der Waals surface area contributed by atoms with Gasteiger partial charge >= 0.3 is 0 Å². The van der Waals surface area contributed by atoms with E-state index >= 15 is 0 Å². The Bertz CT molecular complexity index is 410. The summed E-state index contributed by atoms with van der Waals surface area (Å²) in [6, 6.07) is 3.42. The molecular weight excluding hydrogens is 240 g/mol. The molecule has 0 aliphatic heterocycles. The number of likely N-dealkylation sites (N-methyl/N-ethyl adjacent to an activating group) is 1. The Balaban J connectivity index is 2.46. The van der Waals surface area contributed by atoms with Crippen LogP contribution in [0.15, 0.2) is 18.2 Å². The lowest BCUT2D eigenvalue weighted by Gasteiger charge is -2.17. The summed E-state index contributed by atoms with van der Waals surface area (Å²) < 4.78 is 26.0. The molecular formula is C13H17F2NO2. The summed E-state index contributed by atoms with van der Waals surface area (Å²) in [5.74, 6) is -1.29. The minimum atomic E-state index is -0.608. The molecule has 0 aliphatic rings. The maximum absolute atomic E-state index is 13.3. The number of nitrogens with zero attached hydrogens (tertiary/aromatic N) is 1. The Hall–Kier alpha value is -1.49. The molecule has 0 heterocycles. The van der Waals surface area contributed by atoms with E-state index in [0.717, 1.165) is 6.07 Å². The van der Waals surface area contributed by atoms with Gasteiger partial charge in [-0.25, -0.2) is 8.78 Å². The van der Waals surface area contributed by atoms with Crippen LogP contribution >= 0.6 is 0 Å². The highest BCUT2D eigenvalue weighted by Crippen LogP contribution is 2.10. The molecule has 1 N–H and O–H groups in total. The molecule has 1 rings (SSSR count). The van der Waals surface area contributed by atoms with Crippen molar-refractivity contribution in [3.05, 3.63) is 35.4 Å². The molecule has 18 heavy (non-hydrogen) atoms. The van der Waals surface area contributed by atoms with Gasteiger partial charge in [0.25, 0.3) is 0 Å². The molecule has 100 valence electrons. The summed E-state index contributed by atoms with van der Waals surface area (Å²) in [6.07, 6.45) is 1.04. The molecule has 1 aromatic carbocycles. The molecule has 0 saturated heterocycles. The van der Waals surface area contributed by atoms with Gasteiger partial charge in [-0.1, -0.05) is 6.07 Å². The molecule has 0 radical (unpaired) electrons. The predicted molar refractivity (Wildman–Crippen MR) is 64.0 cm³/mol. The van der Waals surface area contributed by atoms with Crippen LogP contribution in [0.4, 0.5) is 8.78 Å². The predicted octanol–water partition coefficient (Wildman–Crippen LogP) is 1.74. The van der Waals surface area contributed by atoms with Gasteiger partial charge in [-0.15, -0.1) is 0 Å². The van der Waals surface area contributed by atoms with E-state index in [1.165, 1.54) is 17.0 Å². The zero-order valence-electron chi connectivity index (χ0n) is 10.3. The fourth-order valence-corrected chi connectivity index (χ4v) is 1.56. The van der Waals surface area contributed by atoms with Crippen molar-refractivity contribution in [2.45, 2.75) is 19.3 Å². The standard InChI is InChI=1S/C13H17F2NO2/c1-16(13(18)3-2-8-17)7-6-10-4-5-11(14)9-12(10)15/h4-5,9,17H,2-3,6-8H2,1H3. The normalized spacial score (nSPS) is 10.4. The van der Waals surface area contributed by atoms with Gasteiger partial charge < -0.3 is 10.0 Å². The van der Waals surface area contributed by atoms with Crippen molar-refractivity contribution in [2.24, 2.45) is 0 Å². The number of halogens is 2. The number of carbonyl (C=O) groups is 1. The van der Waals surface area contributed by atoms with Crippen LogP contribution in [0.2, 0.25) is 0 Å². The molecule has 0 spiro atoms. The summed E-state index contributed by atoms with van der Waals surface area (Å²) >= 11 is 0. The van der Waals surface area contributed by atoms with Crippen LogP contribution in [0.3, 0.4) is 0 Å². The first kappa shape index (κ1) is 14.6. The van der Waals surface area contributed by atoms with Gasteiger partial charge in [-0.2, -0.15) is 0 Å². The number of amides is 1. The van der Waals surface area contributed by atoms with E-state index in [4.69, 9.17) is 5.11 Å². The lowest BCUT2D eigenvalue weighted by atomic mass is 10.1. The highest BCUT2D eigenvalue weighted by molar-refractivity contribution is 5.75. The van der Waals surface area contributed by atoms with Crippen LogP contribution in [-0.2, 0) is 11.2 Å². The average molecular weight is 257 g/mol. The molecule has 0 atom stereocenters. The number of benzene rings is 1. The van der Waals surface area contributed by atoms with Crippen molar-refractivity contribution in [1.29, 1.82) is 0 Å². The second-order valence-electron chi connectivity index (χ2n) is 4.13. The Morgan fingerprint density at radius 3 is 2.72 bits per heavy atom. The van der Waals surface area contributed by atoms with Gasteiger partial charge in [0.1, 0.15) is 11.6 Å². The molecule has 5 heteroatoms. The van der Waals surface area contributed by atoms with Crippen LogP contribution < -0.4 is 0 Å². The molecule has 1 amide bonds. The van der Waals surface area contributed by atoms with Crippen molar-refractivity contribution >= 4 is 5.91 Å². The molecule has 1 aromatic rings. The average Bonchev–Trinajstić information content (AvgIpc) is 2.34. The van der Waals surface area contributed by atoms with Gasteiger partial charge in [0.05, 0.1) is 0 Å². The zero-order chi connectivity index (χ0) is 13.5. The third kappa shape index (κ3) is 4.41. The minimum Gasteiger partial charge on any atom is -0.396 e. The van der Waals surface area contributed by atoms with E-state index in [1.807, 2.05) is 0 Å². The molecule has 0 fully saturated rings. The Morgan fingerprint density at radius 1 is 1.39 bits per heavy atom. The van der Waals surface area contributed by atoms with Gasteiger partial charge in [0, 0.05) is 32.7 Å². The SMILES string of the molecule is CN(CCc1ccc(F)cc1F)C(=O)CCCO. The Labute approximate surface area is 105 Å². The fourth-order valence-electron chi connectivity index (χ4n) is 1.56. The highest BCUT2D eigenvalue weighted by Gasteiger charge is 2.10. The summed E-state index contributed by atoms with van der Waals surface area (Å²) in [4.78, 5) is 13.0. The van der Waals surface area contributed by atoms with Crippen molar-refractivity contribution in [3.8, 4) is 0 Å². The largest absolute Gasteiger partial charge is 0.396 e. The maximum Gasteiger partial charge on any atom is 0.222 e. The van der Waals surface area contributed by atoms with Gasteiger partial charge in [-0.05, 0) is 24.5 Å². The van der Waals surface area contributed by atoms with Crippen LogP contribution in [0, 0.1) is 11.6 Å². The molecule has 3 nitrogen and oxygen atoms in total. The maximum atomic E-state index is 13.3. The smallest absolute Gasteiger partial charge is 0.222 e. The topological polar surface area (TPSA) is 40.5 Å². The van der Waals surface area contributed by atoms with Crippen LogP contribution in [0.5, 0.6) is 0 Å². The van der Waals surface area contributed by atoms with E-state index in [2.05, 4.69) is 0 Å². The Kier molecular flexibility index (Phi) is 5.71. The molecule has 0 aromatic heterocycles. The van der Waals surface area contributed by atoms with Crippen LogP contribution in [-0.4, -0.2) is 36.1 Å². The summed E-state index contributed by atoms with van der Waals surface area (Å²) in [5, 5.41) is 8.61. The van der Waals surface area contributed by atoms with Gasteiger partial charge in [-0.3, -0.25) is 4.79 Å². The first-order valence-corrected chi connectivity index (χ1v) is 5.83. The second-order valence-corrected chi connectivity index (χ2v) is 4.13. The number of aliphatic hydroxyl groups excluding tert-OH is 1. The van der Waals surface area contributed by atoms with Gasteiger partial charge in [0.2, 0.25) is 5.91 Å². The number of hydrogen-bond acceptors (Lipinski definition) is 2. The fraction of sp³-hybridized carbons (Fsp3) is 0.462. The van der Waals surface area contributed by atoms with Crippen molar-refractivity contribution in [1.82, 2.24) is 4.90 Å². The quantitative estimate of drug-likeness (QED) is 0.843. The number of rotatable bonds is 6. The van der Waals surface area contributed by atoms with Crippen molar-refractivity contribution in [2.75, 3.05) is 20.2 Å². The lowest BCUT2D eigenvalue weighted by Crippen LogP contribution is -2.28. The van der Waals surface area contributed by atoms with E-state index in [9.17, 15) is 13.6 Å². The third-order valence-electron chi connectivity index (χ3n) is 2.71. The monoisotopic (exact) mass is 257 g/mol. The van der Waals surface area contributed by atoms with E-state index in [1.54, 1.807) is 7.05 Å². The van der Waals surface area contributed by atoms with E-state index in [0.29, 0.717) is 24.9 Å². The molecule has 0 aliphatic carbocycles. The lowest BCUT2D eigenvalue weighted by molar-refractivity contribution is -0.130. The molecule has 0 unspecified atom stereocenters. The van der Waals surface area contributed by atoms with Crippen molar-refractivity contribution in [3.63, 3.8) is 0 Å². The van der Waals surface area contributed by atoms with Crippen molar-refractivity contribution < 1.29 is 18.7 Å². The summed E-state index contributed by atoms with van der Waals surface area (Å²) in [6.45, 7) is 0.346. The third-order valence-corrected chi connectivity index (χ3v) is 2.71.